The van der Waals surface area contributed by atoms with Gasteiger partial charge in [-0.05, 0) is 12.1 Å². The summed E-state index contributed by atoms with van der Waals surface area (Å²) in [6.07, 6.45) is 0.638. The number of nitrogens with one attached hydrogen (secondary N) is 1. The normalized spacial score (nSPS) is 20.3. The lowest BCUT2D eigenvalue weighted by molar-refractivity contribution is 0.00321. The summed E-state index contributed by atoms with van der Waals surface area (Å²) in [6.45, 7) is 1.26. The van der Waals surface area contributed by atoms with Gasteiger partial charge in [0.05, 0.1) is 17.1 Å². The molecule has 3 rings (SSSR count). The third kappa shape index (κ3) is 2.55. The van der Waals surface area contributed by atoms with Crippen LogP contribution in [-0.4, -0.2) is 42.1 Å². The number of benzene rings is 1. The fourth-order valence-corrected chi connectivity index (χ4v) is 3.00. The average Bonchev–Trinajstić information content (AvgIpc) is 2.80. The average molecular weight is 313 g/mol. The molecule has 0 aromatic heterocycles. The molecule has 0 saturated carbocycles. The van der Waals surface area contributed by atoms with Crippen molar-refractivity contribution < 1.29 is 18.7 Å². The van der Waals surface area contributed by atoms with E-state index in [0.717, 1.165) is 0 Å². The number of carbonyl (C=O) groups is 2. The van der Waals surface area contributed by atoms with Crippen LogP contribution in [-0.2, 0) is 4.74 Å². The van der Waals surface area contributed by atoms with E-state index >= 15 is 0 Å². The molecule has 0 atom stereocenters. The zero-order valence-electron chi connectivity index (χ0n) is 11.2. The Kier molecular flexibility index (Phi) is 3.49. The molecular weight excluding hydrogens is 299 g/mol. The smallest absolute Gasteiger partial charge is 0.407 e. The van der Waals surface area contributed by atoms with Crippen LogP contribution in [0.5, 0.6) is 0 Å². The van der Waals surface area contributed by atoms with Gasteiger partial charge in [0, 0.05) is 25.9 Å². The number of carbonyl (C=O) groups excluding carboxylic acids is 2. The molecule has 7 heteroatoms. The fourth-order valence-electron chi connectivity index (χ4n) is 2.76. The lowest BCUT2D eigenvalue weighted by Gasteiger charge is -2.37. The maximum Gasteiger partial charge on any atom is 0.407 e. The van der Waals surface area contributed by atoms with Crippen molar-refractivity contribution in [1.29, 1.82) is 0 Å². The fraction of sp³-hybridized carbons (Fsp3) is 0.429. The minimum atomic E-state index is -0.623. The van der Waals surface area contributed by atoms with Crippen molar-refractivity contribution in [2.75, 3.05) is 19.6 Å². The first-order chi connectivity index (χ1) is 10.0. The quantitative estimate of drug-likeness (QED) is 0.865. The van der Waals surface area contributed by atoms with Crippen molar-refractivity contribution in [2.45, 2.75) is 18.4 Å². The van der Waals surface area contributed by atoms with Crippen molar-refractivity contribution in [3.05, 3.63) is 34.6 Å². The molecule has 1 aromatic rings. The van der Waals surface area contributed by atoms with Crippen molar-refractivity contribution >= 4 is 23.6 Å². The molecule has 1 aromatic carbocycles. The van der Waals surface area contributed by atoms with Crippen molar-refractivity contribution in [2.24, 2.45) is 0 Å². The molecule has 2 amide bonds. The van der Waals surface area contributed by atoms with Gasteiger partial charge in [0.2, 0.25) is 0 Å². The molecule has 0 radical (unpaired) electrons. The SMILES string of the molecule is O=C1NCC2(CCN(C(=O)c3c(F)cccc3Cl)CC2)O1. The van der Waals surface area contributed by atoms with Gasteiger partial charge in [0.25, 0.3) is 5.91 Å². The first-order valence-corrected chi connectivity index (χ1v) is 7.09. The van der Waals surface area contributed by atoms with E-state index < -0.39 is 23.4 Å². The van der Waals surface area contributed by atoms with Crippen LogP contribution in [0.3, 0.4) is 0 Å². The summed E-state index contributed by atoms with van der Waals surface area (Å²) in [7, 11) is 0. The molecule has 2 saturated heterocycles. The van der Waals surface area contributed by atoms with Gasteiger partial charge in [-0.2, -0.15) is 0 Å². The maximum atomic E-state index is 13.8. The van der Waals surface area contributed by atoms with E-state index in [-0.39, 0.29) is 10.6 Å². The Hall–Kier alpha value is -1.82. The highest BCUT2D eigenvalue weighted by atomic mass is 35.5. The highest BCUT2D eigenvalue weighted by Crippen LogP contribution is 2.31. The number of piperidine rings is 1. The largest absolute Gasteiger partial charge is 0.441 e. The van der Waals surface area contributed by atoms with Crippen molar-refractivity contribution in [3.8, 4) is 0 Å². The van der Waals surface area contributed by atoms with Crippen LogP contribution in [0.25, 0.3) is 0 Å². The molecule has 2 heterocycles. The standard InChI is InChI=1S/C14H14ClFN2O3/c15-9-2-1-3-10(16)11(9)12(19)18-6-4-14(5-7-18)8-17-13(20)21-14/h1-3H,4-8H2,(H,17,20). The Labute approximate surface area is 126 Å². The van der Waals surface area contributed by atoms with Crippen LogP contribution in [0, 0.1) is 5.82 Å². The zero-order chi connectivity index (χ0) is 15.0. The third-order valence-corrected chi connectivity index (χ3v) is 4.32. The van der Waals surface area contributed by atoms with Gasteiger partial charge in [-0.15, -0.1) is 0 Å². The molecule has 2 aliphatic rings. The van der Waals surface area contributed by atoms with Crippen molar-refractivity contribution in [1.82, 2.24) is 10.2 Å². The molecule has 21 heavy (non-hydrogen) atoms. The Morgan fingerprint density at radius 3 is 2.67 bits per heavy atom. The van der Waals surface area contributed by atoms with Gasteiger partial charge < -0.3 is 15.0 Å². The highest BCUT2D eigenvalue weighted by molar-refractivity contribution is 6.33. The number of hydrogen-bond donors (Lipinski definition) is 1. The second-order valence-corrected chi connectivity index (χ2v) is 5.72. The zero-order valence-corrected chi connectivity index (χ0v) is 12.0. The van der Waals surface area contributed by atoms with Crippen LogP contribution in [0.15, 0.2) is 18.2 Å². The molecule has 0 aliphatic carbocycles. The number of ether oxygens (including phenoxy) is 1. The van der Waals surface area contributed by atoms with E-state index in [1.54, 1.807) is 4.90 Å². The van der Waals surface area contributed by atoms with Crippen LogP contribution in [0.4, 0.5) is 9.18 Å². The second kappa shape index (κ2) is 5.18. The Balaban J connectivity index is 1.72. The van der Waals surface area contributed by atoms with Gasteiger partial charge in [-0.1, -0.05) is 17.7 Å². The Bertz CT molecular complexity index is 580. The molecule has 1 spiro atoms. The van der Waals surface area contributed by atoms with E-state index in [4.69, 9.17) is 16.3 Å². The maximum absolute atomic E-state index is 13.8. The summed E-state index contributed by atoms with van der Waals surface area (Å²) in [5.74, 6) is -1.05. The number of halogens is 2. The monoisotopic (exact) mass is 312 g/mol. The second-order valence-electron chi connectivity index (χ2n) is 5.31. The Morgan fingerprint density at radius 2 is 2.10 bits per heavy atom. The number of amides is 2. The van der Waals surface area contributed by atoms with Crippen LogP contribution in [0.2, 0.25) is 5.02 Å². The number of likely N-dealkylation sites (tertiary alicyclic amines) is 1. The minimum Gasteiger partial charge on any atom is -0.441 e. The molecule has 0 unspecified atom stereocenters. The van der Waals surface area contributed by atoms with E-state index in [9.17, 15) is 14.0 Å². The first kappa shape index (κ1) is 14.1. The highest BCUT2D eigenvalue weighted by Gasteiger charge is 2.43. The first-order valence-electron chi connectivity index (χ1n) is 6.71. The molecule has 0 bridgehead atoms. The van der Waals surface area contributed by atoms with Crippen molar-refractivity contribution in [3.63, 3.8) is 0 Å². The third-order valence-electron chi connectivity index (χ3n) is 4.00. The van der Waals surface area contributed by atoms with E-state index in [1.165, 1.54) is 18.2 Å². The molecule has 112 valence electrons. The summed E-state index contributed by atoms with van der Waals surface area (Å²) < 4.78 is 19.1. The summed E-state index contributed by atoms with van der Waals surface area (Å²) in [6, 6.07) is 4.17. The molecule has 5 nitrogen and oxygen atoms in total. The number of hydrogen-bond acceptors (Lipinski definition) is 3. The number of rotatable bonds is 1. The molecule has 2 aliphatic heterocycles. The summed E-state index contributed by atoms with van der Waals surface area (Å²) in [5, 5.41) is 2.73. The van der Waals surface area contributed by atoms with Gasteiger partial charge in [0.1, 0.15) is 11.4 Å². The van der Waals surface area contributed by atoms with E-state index in [2.05, 4.69) is 5.32 Å². The Morgan fingerprint density at radius 1 is 1.38 bits per heavy atom. The molecule has 1 N–H and O–H groups in total. The lowest BCUT2D eigenvalue weighted by Crippen LogP contribution is -2.48. The van der Waals surface area contributed by atoms with Gasteiger partial charge in [-0.25, -0.2) is 9.18 Å². The number of nitrogens with zero attached hydrogens (tertiary/aromatic N) is 1. The van der Waals surface area contributed by atoms with Crippen LogP contribution < -0.4 is 5.32 Å². The lowest BCUT2D eigenvalue weighted by atomic mass is 9.91. The van der Waals surface area contributed by atoms with Gasteiger partial charge in [-0.3, -0.25) is 4.79 Å². The van der Waals surface area contributed by atoms with Crippen LogP contribution in [0.1, 0.15) is 23.2 Å². The van der Waals surface area contributed by atoms with Gasteiger partial charge >= 0.3 is 6.09 Å². The van der Waals surface area contributed by atoms with Gasteiger partial charge in [0.15, 0.2) is 0 Å². The number of alkyl carbamates (subject to hydrolysis) is 1. The summed E-state index contributed by atoms with van der Waals surface area (Å²) >= 11 is 5.92. The van der Waals surface area contributed by atoms with E-state index in [0.29, 0.717) is 32.5 Å². The summed E-state index contributed by atoms with van der Waals surface area (Å²) in [4.78, 5) is 25.1. The minimum absolute atomic E-state index is 0.100. The summed E-state index contributed by atoms with van der Waals surface area (Å²) in [5.41, 5.74) is -0.635. The predicted molar refractivity (Wildman–Crippen MR) is 73.8 cm³/mol. The predicted octanol–water partition coefficient (Wildman–Crippen LogP) is 2.19. The topological polar surface area (TPSA) is 58.6 Å². The molecule has 2 fully saturated rings. The van der Waals surface area contributed by atoms with Crippen LogP contribution >= 0.6 is 11.6 Å². The van der Waals surface area contributed by atoms with E-state index in [1.807, 2.05) is 0 Å². The molecular formula is C14H14ClFN2O3.